The molecule has 2 aromatic rings. The molecule has 0 amide bonds. The smallest absolute Gasteiger partial charge is 0.262 e. The van der Waals surface area contributed by atoms with Crippen LogP contribution in [0.25, 0.3) is 10.9 Å². The van der Waals surface area contributed by atoms with Gasteiger partial charge in [0.1, 0.15) is 0 Å². The van der Waals surface area contributed by atoms with E-state index in [0.29, 0.717) is 10.9 Å². The van der Waals surface area contributed by atoms with Gasteiger partial charge in [-0.3, -0.25) is 9.36 Å². The van der Waals surface area contributed by atoms with Gasteiger partial charge in [0, 0.05) is 7.05 Å². The quantitative estimate of drug-likeness (QED) is 0.641. The monoisotopic (exact) mass is 222 g/mol. The standard InChI is InChI=1S/C11H11ClN2O/c1-6-4-7(2)9-8(5-6)13-11(12)14(3)10(9)15/h4-5H,1-3H3. The molecule has 0 aliphatic rings. The summed E-state index contributed by atoms with van der Waals surface area (Å²) in [6.45, 7) is 3.88. The SMILES string of the molecule is Cc1cc(C)c2c(=O)n(C)c(Cl)nc2c1. The third-order valence-corrected chi connectivity index (χ3v) is 2.81. The summed E-state index contributed by atoms with van der Waals surface area (Å²) < 4.78 is 1.35. The van der Waals surface area contributed by atoms with Crippen molar-refractivity contribution in [3.63, 3.8) is 0 Å². The molecule has 0 atom stereocenters. The van der Waals surface area contributed by atoms with Gasteiger partial charge >= 0.3 is 0 Å². The normalized spacial score (nSPS) is 10.9. The molecule has 15 heavy (non-hydrogen) atoms. The summed E-state index contributed by atoms with van der Waals surface area (Å²) in [5.74, 6) is 0. The highest BCUT2D eigenvalue weighted by atomic mass is 35.5. The zero-order valence-electron chi connectivity index (χ0n) is 8.84. The number of aryl methyl sites for hydroxylation is 2. The van der Waals surface area contributed by atoms with E-state index >= 15 is 0 Å². The van der Waals surface area contributed by atoms with Crippen LogP contribution in [0.4, 0.5) is 0 Å². The average molecular weight is 223 g/mol. The summed E-state index contributed by atoms with van der Waals surface area (Å²) in [5, 5.41) is 0.866. The van der Waals surface area contributed by atoms with E-state index in [1.54, 1.807) is 7.05 Å². The van der Waals surface area contributed by atoms with E-state index in [9.17, 15) is 4.79 Å². The topological polar surface area (TPSA) is 34.9 Å². The molecule has 0 aliphatic carbocycles. The first-order valence-corrected chi connectivity index (χ1v) is 5.02. The molecule has 1 aromatic carbocycles. The van der Waals surface area contributed by atoms with Crippen molar-refractivity contribution < 1.29 is 0 Å². The Balaban J connectivity index is 3.06. The zero-order chi connectivity index (χ0) is 11.2. The first-order chi connectivity index (χ1) is 7.00. The van der Waals surface area contributed by atoms with E-state index in [4.69, 9.17) is 11.6 Å². The Bertz CT molecular complexity index is 602. The molecule has 78 valence electrons. The predicted octanol–water partition coefficient (Wildman–Crippen LogP) is 2.20. The van der Waals surface area contributed by atoms with E-state index in [1.165, 1.54) is 4.57 Å². The number of benzene rings is 1. The molecule has 4 heteroatoms. The predicted molar refractivity (Wildman–Crippen MR) is 61.5 cm³/mol. The number of fused-ring (bicyclic) bond motifs is 1. The lowest BCUT2D eigenvalue weighted by Gasteiger charge is -2.06. The Kier molecular flexibility index (Phi) is 2.27. The maximum absolute atomic E-state index is 11.9. The molecule has 3 nitrogen and oxygen atoms in total. The Morgan fingerprint density at radius 2 is 2.00 bits per heavy atom. The minimum Gasteiger partial charge on any atom is -0.286 e. The van der Waals surface area contributed by atoms with Crippen LogP contribution < -0.4 is 5.56 Å². The van der Waals surface area contributed by atoms with Crippen molar-refractivity contribution in [2.45, 2.75) is 13.8 Å². The Hall–Kier alpha value is -1.35. The maximum atomic E-state index is 11.9. The first-order valence-electron chi connectivity index (χ1n) is 4.64. The Morgan fingerprint density at radius 1 is 1.33 bits per heavy atom. The number of halogens is 1. The highest BCUT2D eigenvalue weighted by Gasteiger charge is 2.08. The van der Waals surface area contributed by atoms with Crippen LogP contribution in [0, 0.1) is 13.8 Å². The first kappa shape index (κ1) is 10.2. The molecule has 0 N–H and O–H groups in total. The number of aromatic nitrogens is 2. The lowest BCUT2D eigenvalue weighted by molar-refractivity contribution is 0.843. The largest absolute Gasteiger partial charge is 0.286 e. The van der Waals surface area contributed by atoms with Gasteiger partial charge in [-0.15, -0.1) is 0 Å². The molecule has 0 radical (unpaired) electrons. The summed E-state index contributed by atoms with van der Waals surface area (Å²) in [6, 6.07) is 3.84. The van der Waals surface area contributed by atoms with Gasteiger partial charge in [-0.05, 0) is 42.6 Å². The fraction of sp³-hybridized carbons (Fsp3) is 0.273. The zero-order valence-corrected chi connectivity index (χ0v) is 9.59. The van der Waals surface area contributed by atoms with Gasteiger partial charge in [-0.1, -0.05) is 6.07 Å². The Labute approximate surface area is 92.3 Å². The van der Waals surface area contributed by atoms with Crippen LogP contribution in [-0.4, -0.2) is 9.55 Å². The van der Waals surface area contributed by atoms with Gasteiger partial charge in [-0.25, -0.2) is 4.98 Å². The maximum Gasteiger partial charge on any atom is 0.262 e. The van der Waals surface area contributed by atoms with Crippen LogP contribution in [-0.2, 0) is 7.05 Å². The average Bonchev–Trinajstić information content (AvgIpc) is 2.13. The molecule has 1 heterocycles. The Morgan fingerprint density at radius 3 is 2.67 bits per heavy atom. The lowest BCUT2D eigenvalue weighted by Crippen LogP contribution is -2.19. The van der Waals surface area contributed by atoms with Gasteiger partial charge in [0.15, 0.2) is 0 Å². The molecule has 0 spiro atoms. The van der Waals surface area contributed by atoms with Gasteiger partial charge in [0.05, 0.1) is 10.9 Å². The van der Waals surface area contributed by atoms with E-state index < -0.39 is 0 Å². The fourth-order valence-corrected chi connectivity index (χ4v) is 1.91. The molecule has 0 unspecified atom stereocenters. The van der Waals surface area contributed by atoms with Gasteiger partial charge in [0.25, 0.3) is 5.56 Å². The third kappa shape index (κ3) is 1.53. The third-order valence-electron chi connectivity index (χ3n) is 2.47. The van der Waals surface area contributed by atoms with Crippen molar-refractivity contribution in [1.29, 1.82) is 0 Å². The molecule has 0 saturated heterocycles. The number of hydrogen-bond donors (Lipinski definition) is 0. The summed E-state index contributed by atoms with van der Waals surface area (Å²) in [6.07, 6.45) is 0. The second-order valence-corrected chi connectivity index (χ2v) is 4.06. The molecule has 0 bridgehead atoms. The molecule has 1 aromatic heterocycles. The molecule has 0 saturated carbocycles. The lowest BCUT2D eigenvalue weighted by atomic mass is 10.1. The summed E-state index contributed by atoms with van der Waals surface area (Å²) in [7, 11) is 1.62. The van der Waals surface area contributed by atoms with Crippen LogP contribution in [0.5, 0.6) is 0 Å². The van der Waals surface area contributed by atoms with Crippen LogP contribution >= 0.6 is 11.6 Å². The van der Waals surface area contributed by atoms with Gasteiger partial charge in [-0.2, -0.15) is 0 Å². The van der Waals surface area contributed by atoms with Crippen molar-refractivity contribution in [2.24, 2.45) is 7.05 Å². The van der Waals surface area contributed by atoms with Crippen molar-refractivity contribution in [3.05, 3.63) is 38.9 Å². The van der Waals surface area contributed by atoms with E-state index in [-0.39, 0.29) is 10.8 Å². The number of rotatable bonds is 0. The summed E-state index contributed by atoms with van der Waals surface area (Å²) in [4.78, 5) is 16.1. The van der Waals surface area contributed by atoms with Crippen LogP contribution in [0.15, 0.2) is 16.9 Å². The molecule has 0 fully saturated rings. The number of nitrogens with zero attached hydrogens (tertiary/aromatic N) is 2. The highest BCUT2D eigenvalue weighted by Crippen LogP contribution is 2.16. The fourth-order valence-electron chi connectivity index (χ4n) is 1.74. The minimum atomic E-state index is -0.0949. The van der Waals surface area contributed by atoms with E-state index in [1.807, 2.05) is 26.0 Å². The van der Waals surface area contributed by atoms with Crippen LogP contribution in [0.3, 0.4) is 0 Å². The van der Waals surface area contributed by atoms with Gasteiger partial charge in [0.2, 0.25) is 5.28 Å². The van der Waals surface area contributed by atoms with Gasteiger partial charge < -0.3 is 0 Å². The van der Waals surface area contributed by atoms with Crippen LogP contribution in [0.1, 0.15) is 11.1 Å². The summed E-state index contributed by atoms with van der Waals surface area (Å²) >= 11 is 5.85. The van der Waals surface area contributed by atoms with E-state index in [2.05, 4.69) is 4.98 Å². The number of hydrogen-bond acceptors (Lipinski definition) is 2. The second-order valence-electron chi connectivity index (χ2n) is 3.72. The second kappa shape index (κ2) is 3.35. The van der Waals surface area contributed by atoms with Crippen molar-refractivity contribution in [1.82, 2.24) is 9.55 Å². The molecular formula is C11H11ClN2O. The molecular weight excluding hydrogens is 212 g/mol. The van der Waals surface area contributed by atoms with Crippen molar-refractivity contribution >= 4 is 22.5 Å². The van der Waals surface area contributed by atoms with Crippen molar-refractivity contribution in [2.75, 3.05) is 0 Å². The van der Waals surface area contributed by atoms with Crippen LogP contribution in [0.2, 0.25) is 5.28 Å². The van der Waals surface area contributed by atoms with Crippen molar-refractivity contribution in [3.8, 4) is 0 Å². The molecule has 2 rings (SSSR count). The highest BCUT2D eigenvalue weighted by molar-refractivity contribution is 6.28. The van der Waals surface area contributed by atoms with E-state index in [0.717, 1.165) is 11.1 Å². The minimum absolute atomic E-state index is 0.0949. The summed E-state index contributed by atoms with van der Waals surface area (Å²) in [5.41, 5.74) is 2.59. The molecule has 0 aliphatic heterocycles.